The van der Waals surface area contributed by atoms with E-state index in [1.807, 2.05) is 0 Å². The minimum absolute atomic E-state index is 0.0625. The Hall–Kier alpha value is -1.45. The Morgan fingerprint density at radius 1 is 1.46 bits per heavy atom. The highest BCUT2D eigenvalue weighted by Gasteiger charge is 2.32. The van der Waals surface area contributed by atoms with Crippen molar-refractivity contribution in [3.63, 3.8) is 0 Å². The van der Waals surface area contributed by atoms with Crippen LogP contribution in [0.3, 0.4) is 0 Å². The molecule has 0 heterocycles. The van der Waals surface area contributed by atoms with Gasteiger partial charge in [0.15, 0.2) is 0 Å². The number of nitrogen functional groups attached to an aromatic ring is 1. The van der Waals surface area contributed by atoms with Crippen LogP contribution >= 0.6 is 0 Å². The van der Waals surface area contributed by atoms with Crippen molar-refractivity contribution in [1.82, 2.24) is 0 Å². The number of hydrogen-bond donors (Lipinski definition) is 1. The number of carbonyl (C=O) groups excluding carboxylic acids is 1. The molecule has 0 spiro atoms. The molecular weight excluding hydrogens is 176 g/mol. The SMILES string of the molecule is CC(F)(F)C(=O)c1cccc(N)c1. The van der Waals surface area contributed by atoms with Crippen molar-refractivity contribution in [3.8, 4) is 0 Å². The molecule has 0 aliphatic heterocycles. The molecule has 4 heteroatoms. The third-order valence-corrected chi connectivity index (χ3v) is 1.55. The zero-order chi connectivity index (χ0) is 10.1. The Balaban J connectivity index is 3.03. The van der Waals surface area contributed by atoms with E-state index in [1.165, 1.54) is 24.3 Å². The Morgan fingerprint density at radius 2 is 2.08 bits per heavy atom. The number of Topliss-reactive ketones (excluding diaryl/α,β-unsaturated/α-hetero) is 1. The molecule has 2 nitrogen and oxygen atoms in total. The molecule has 0 aliphatic carbocycles. The van der Waals surface area contributed by atoms with Gasteiger partial charge in [0, 0.05) is 18.2 Å². The van der Waals surface area contributed by atoms with Crippen LogP contribution in [0, 0.1) is 0 Å². The van der Waals surface area contributed by atoms with Gasteiger partial charge >= 0.3 is 5.92 Å². The molecular formula is C9H9F2NO. The van der Waals surface area contributed by atoms with Crippen molar-refractivity contribution in [2.24, 2.45) is 0 Å². The molecule has 2 N–H and O–H groups in total. The number of anilines is 1. The monoisotopic (exact) mass is 185 g/mol. The molecule has 70 valence electrons. The van der Waals surface area contributed by atoms with Crippen LogP contribution < -0.4 is 5.73 Å². The number of hydrogen-bond acceptors (Lipinski definition) is 2. The molecule has 13 heavy (non-hydrogen) atoms. The average molecular weight is 185 g/mol. The van der Waals surface area contributed by atoms with E-state index in [2.05, 4.69) is 0 Å². The van der Waals surface area contributed by atoms with Crippen LogP contribution in [0.15, 0.2) is 24.3 Å². The molecule has 0 radical (unpaired) electrons. The van der Waals surface area contributed by atoms with Crippen molar-refractivity contribution in [2.75, 3.05) is 5.73 Å². The molecule has 0 saturated carbocycles. The molecule has 0 unspecified atom stereocenters. The Kier molecular flexibility index (Phi) is 2.32. The van der Waals surface area contributed by atoms with E-state index in [1.54, 1.807) is 0 Å². The summed E-state index contributed by atoms with van der Waals surface area (Å²) in [6.45, 7) is 0.568. The molecule has 0 atom stereocenters. The predicted octanol–water partition coefficient (Wildman–Crippen LogP) is 2.11. The van der Waals surface area contributed by atoms with Crippen molar-refractivity contribution >= 4 is 11.5 Å². The third-order valence-electron chi connectivity index (χ3n) is 1.55. The van der Waals surface area contributed by atoms with E-state index in [4.69, 9.17) is 5.73 Å². The third kappa shape index (κ3) is 2.24. The topological polar surface area (TPSA) is 43.1 Å². The standard InChI is InChI=1S/C9H9F2NO/c1-9(10,11)8(13)6-3-2-4-7(12)5-6/h2-5H,12H2,1H3. The minimum atomic E-state index is -3.34. The van der Waals surface area contributed by atoms with Crippen LogP contribution in [0.2, 0.25) is 0 Å². The fraction of sp³-hybridized carbons (Fsp3) is 0.222. The summed E-state index contributed by atoms with van der Waals surface area (Å²) in [6, 6.07) is 5.55. The maximum absolute atomic E-state index is 12.5. The van der Waals surface area contributed by atoms with Crippen LogP contribution in [0.5, 0.6) is 0 Å². The van der Waals surface area contributed by atoms with E-state index in [0.29, 0.717) is 12.6 Å². The van der Waals surface area contributed by atoms with Gasteiger partial charge in [-0.3, -0.25) is 4.79 Å². The van der Waals surface area contributed by atoms with E-state index in [-0.39, 0.29) is 5.56 Å². The molecule has 0 aliphatic rings. The van der Waals surface area contributed by atoms with Gasteiger partial charge in [-0.25, -0.2) is 0 Å². The first-order valence-electron chi connectivity index (χ1n) is 3.69. The van der Waals surface area contributed by atoms with Crippen LogP contribution in [-0.4, -0.2) is 11.7 Å². The van der Waals surface area contributed by atoms with E-state index in [9.17, 15) is 13.6 Å². The quantitative estimate of drug-likeness (QED) is 0.566. The smallest absolute Gasteiger partial charge is 0.307 e. The lowest BCUT2D eigenvalue weighted by atomic mass is 10.1. The molecule has 1 aromatic rings. The van der Waals surface area contributed by atoms with Crippen LogP contribution in [0.25, 0.3) is 0 Å². The van der Waals surface area contributed by atoms with Gasteiger partial charge in [-0.2, -0.15) is 8.78 Å². The second-order valence-electron chi connectivity index (χ2n) is 2.84. The largest absolute Gasteiger partial charge is 0.399 e. The van der Waals surface area contributed by atoms with Gasteiger partial charge in [-0.15, -0.1) is 0 Å². The summed E-state index contributed by atoms with van der Waals surface area (Å²) in [5.41, 5.74) is 5.58. The maximum atomic E-state index is 12.5. The zero-order valence-electron chi connectivity index (χ0n) is 7.05. The first-order valence-corrected chi connectivity index (χ1v) is 3.69. The fourth-order valence-corrected chi connectivity index (χ4v) is 0.933. The second-order valence-corrected chi connectivity index (χ2v) is 2.84. The van der Waals surface area contributed by atoms with Crippen molar-refractivity contribution in [3.05, 3.63) is 29.8 Å². The molecule has 0 amide bonds. The number of ketones is 1. The van der Waals surface area contributed by atoms with Crippen molar-refractivity contribution in [2.45, 2.75) is 12.8 Å². The van der Waals surface area contributed by atoms with Gasteiger partial charge in [0.1, 0.15) is 0 Å². The summed E-state index contributed by atoms with van der Waals surface area (Å²) in [5.74, 6) is -4.55. The number of carbonyl (C=O) groups is 1. The van der Waals surface area contributed by atoms with Crippen LogP contribution in [0.4, 0.5) is 14.5 Å². The highest BCUT2D eigenvalue weighted by Crippen LogP contribution is 2.20. The van der Waals surface area contributed by atoms with Gasteiger partial charge in [0.05, 0.1) is 0 Å². The molecule has 1 aromatic carbocycles. The molecule has 1 rings (SSSR count). The number of alkyl halides is 2. The summed E-state index contributed by atoms with van der Waals surface area (Å²) >= 11 is 0. The molecule has 0 aromatic heterocycles. The second kappa shape index (κ2) is 3.12. The molecule has 0 fully saturated rings. The number of benzene rings is 1. The summed E-state index contributed by atoms with van der Waals surface area (Å²) in [4.78, 5) is 11.0. The maximum Gasteiger partial charge on any atom is 0.307 e. The fourth-order valence-electron chi connectivity index (χ4n) is 0.933. The highest BCUT2D eigenvalue weighted by atomic mass is 19.3. The lowest BCUT2D eigenvalue weighted by Gasteiger charge is -2.08. The summed E-state index contributed by atoms with van der Waals surface area (Å²) in [5, 5.41) is 0. The first kappa shape index (κ1) is 9.64. The zero-order valence-corrected chi connectivity index (χ0v) is 7.05. The number of halogens is 2. The Bertz CT molecular complexity index is 331. The molecule has 0 bridgehead atoms. The van der Waals surface area contributed by atoms with Gasteiger partial charge in [0.25, 0.3) is 0 Å². The highest BCUT2D eigenvalue weighted by molar-refractivity contribution is 6.01. The average Bonchev–Trinajstić information content (AvgIpc) is 2.01. The van der Waals surface area contributed by atoms with E-state index >= 15 is 0 Å². The van der Waals surface area contributed by atoms with Gasteiger partial charge in [-0.05, 0) is 12.1 Å². The number of rotatable bonds is 2. The van der Waals surface area contributed by atoms with Crippen molar-refractivity contribution in [1.29, 1.82) is 0 Å². The predicted molar refractivity (Wildman–Crippen MR) is 45.8 cm³/mol. The lowest BCUT2D eigenvalue weighted by Crippen LogP contribution is -2.24. The Morgan fingerprint density at radius 3 is 2.54 bits per heavy atom. The van der Waals surface area contributed by atoms with Gasteiger partial charge in [0.2, 0.25) is 5.78 Å². The first-order chi connectivity index (χ1) is 5.91. The summed E-state index contributed by atoms with van der Waals surface area (Å²) < 4.78 is 25.1. The van der Waals surface area contributed by atoms with Gasteiger partial charge < -0.3 is 5.73 Å². The summed E-state index contributed by atoms with van der Waals surface area (Å²) in [6.07, 6.45) is 0. The summed E-state index contributed by atoms with van der Waals surface area (Å²) in [7, 11) is 0. The molecule has 0 saturated heterocycles. The van der Waals surface area contributed by atoms with Gasteiger partial charge in [-0.1, -0.05) is 12.1 Å². The number of nitrogens with two attached hydrogens (primary N) is 1. The van der Waals surface area contributed by atoms with Crippen LogP contribution in [-0.2, 0) is 0 Å². The minimum Gasteiger partial charge on any atom is -0.399 e. The van der Waals surface area contributed by atoms with Crippen molar-refractivity contribution < 1.29 is 13.6 Å². The lowest BCUT2D eigenvalue weighted by molar-refractivity contribution is 0.0222. The van der Waals surface area contributed by atoms with Crippen LogP contribution in [0.1, 0.15) is 17.3 Å². The Labute approximate surface area is 74.4 Å². The van der Waals surface area contributed by atoms with E-state index in [0.717, 1.165) is 0 Å². The normalized spacial score (nSPS) is 11.3. The van der Waals surface area contributed by atoms with E-state index < -0.39 is 11.7 Å².